The number of carbonyl (C=O) groups excluding carboxylic acids is 1. The summed E-state index contributed by atoms with van der Waals surface area (Å²) in [5.74, 6) is 1.27. The van der Waals surface area contributed by atoms with Gasteiger partial charge in [-0.25, -0.2) is 0 Å². The monoisotopic (exact) mass is 334 g/mol. The lowest BCUT2D eigenvalue weighted by molar-refractivity contribution is 0.102. The van der Waals surface area contributed by atoms with Crippen LogP contribution in [-0.4, -0.2) is 29.8 Å². The lowest BCUT2D eigenvalue weighted by Gasteiger charge is -2.10. The molecule has 0 fully saturated rings. The average Bonchev–Trinajstić information content (AvgIpc) is 2.53. The molecule has 0 unspecified atom stereocenters. The highest BCUT2D eigenvalue weighted by Gasteiger charge is 2.12. The number of anilines is 2. The van der Waals surface area contributed by atoms with Gasteiger partial charge in [-0.1, -0.05) is 25.4 Å². The first kappa shape index (κ1) is 17.0. The standard InChI is InChI=1S/C16H19ClN4O2/c1-10(2)9-18-15-7-5-12(20-21-15)16(22)19-13-8-11(17)4-6-14(13)23-3/h4-8,10H,9H2,1-3H3,(H,18,21)(H,19,22). The van der Waals surface area contributed by atoms with E-state index in [-0.39, 0.29) is 11.6 Å². The van der Waals surface area contributed by atoms with Crippen LogP contribution in [0.25, 0.3) is 0 Å². The molecule has 1 aromatic carbocycles. The van der Waals surface area contributed by atoms with E-state index in [1.807, 2.05) is 0 Å². The van der Waals surface area contributed by atoms with Crippen LogP contribution in [-0.2, 0) is 0 Å². The first-order chi connectivity index (χ1) is 11.0. The van der Waals surface area contributed by atoms with Gasteiger partial charge in [0.25, 0.3) is 5.91 Å². The fourth-order valence-electron chi connectivity index (χ4n) is 1.82. The van der Waals surface area contributed by atoms with Gasteiger partial charge in [0.05, 0.1) is 12.8 Å². The van der Waals surface area contributed by atoms with E-state index in [1.54, 1.807) is 30.3 Å². The maximum absolute atomic E-state index is 12.2. The number of methoxy groups -OCH3 is 1. The van der Waals surface area contributed by atoms with Gasteiger partial charge in [0.15, 0.2) is 5.69 Å². The van der Waals surface area contributed by atoms with Crippen molar-refractivity contribution in [3.8, 4) is 5.75 Å². The van der Waals surface area contributed by atoms with Crippen LogP contribution in [0, 0.1) is 5.92 Å². The van der Waals surface area contributed by atoms with Gasteiger partial charge in [-0.05, 0) is 36.2 Å². The van der Waals surface area contributed by atoms with Crippen LogP contribution in [0.1, 0.15) is 24.3 Å². The number of hydrogen-bond acceptors (Lipinski definition) is 5. The average molecular weight is 335 g/mol. The molecule has 2 rings (SSSR count). The Morgan fingerprint density at radius 1 is 1.26 bits per heavy atom. The van der Waals surface area contributed by atoms with Gasteiger partial charge in [-0.15, -0.1) is 10.2 Å². The minimum atomic E-state index is -0.381. The Bertz CT molecular complexity index is 674. The topological polar surface area (TPSA) is 76.1 Å². The number of carbonyl (C=O) groups is 1. The van der Waals surface area contributed by atoms with Crippen molar-refractivity contribution in [2.45, 2.75) is 13.8 Å². The van der Waals surface area contributed by atoms with Crippen LogP contribution < -0.4 is 15.4 Å². The molecule has 23 heavy (non-hydrogen) atoms. The Kier molecular flexibility index (Phi) is 5.76. The summed E-state index contributed by atoms with van der Waals surface area (Å²) in [4.78, 5) is 12.2. The summed E-state index contributed by atoms with van der Waals surface area (Å²) in [5.41, 5.74) is 0.691. The molecule has 122 valence electrons. The van der Waals surface area contributed by atoms with Crippen LogP contribution in [0.3, 0.4) is 0 Å². The van der Waals surface area contributed by atoms with Crippen molar-refractivity contribution < 1.29 is 9.53 Å². The number of nitrogens with one attached hydrogen (secondary N) is 2. The number of nitrogens with zero attached hydrogens (tertiary/aromatic N) is 2. The minimum Gasteiger partial charge on any atom is -0.495 e. The van der Waals surface area contributed by atoms with Crippen LogP contribution >= 0.6 is 11.6 Å². The molecule has 2 aromatic rings. The van der Waals surface area contributed by atoms with Gasteiger partial charge in [-0.2, -0.15) is 0 Å². The second kappa shape index (κ2) is 7.78. The highest BCUT2D eigenvalue weighted by atomic mass is 35.5. The fraction of sp³-hybridized carbons (Fsp3) is 0.312. The molecular weight excluding hydrogens is 316 g/mol. The van der Waals surface area contributed by atoms with Gasteiger partial charge < -0.3 is 15.4 Å². The Morgan fingerprint density at radius 2 is 2.04 bits per heavy atom. The molecule has 0 aliphatic carbocycles. The highest BCUT2D eigenvalue weighted by molar-refractivity contribution is 6.31. The Morgan fingerprint density at radius 3 is 2.65 bits per heavy atom. The predicted molar refractivity (Wildman–Crippen MR) is 91.3 cm³/mol. The molecule has 1 amide bonds. The van der Waals surface area contributed by atoms with Gasteiger partial charge >= 0.3 is 0 Å². The van der Waals surface area contributed by atoms with Crippen molar-refractivity contribution in [2.75, 3.05) is 24.3 Å². The summed E-state index contributed by atoms with van der Waals surface area (Å²) in [7, 11) is 1.52. The normalized spacial score (nSPS) is 10.5. The molecule has 2 N–H and O–H groups in total. The molecule has 6 nitrogen and oxygen atoms in total. The zero-order chi connectivity index (χ0) is 16.8. The molecule has 0 atom stereocenters. The smallest absolute Gasteiger partial charge is 0.276 e. The number of ether oxygens (including phenoxy) is 1. The van der Waals surface area contributed by atoms with Crippen LogP contribution in [0.5, 0.6) is 5.75 Å². The number of amides is 1. The third kappa shape index (κ3) is 4.82. The second-order valence-electron chi connectivity index (χ2n) is 5.38. The van der Waals surface area contributed by atoms with E-state index in [1.165, 1.54) is 7.11 Å². The number of hydrogen-bond donors (Lipinski definition) is 2. The van der Waals surface area contributed by atoms with Crippen LogP contribution in [0.2, 0.25) is 5.02 Å². The molecule has 0 saturated carbocycles. The number of benzene rings is 1. The molecule has 0 radical (unpaired) electrons. The maximum atomic E-state index is 12.2. The molecule has 0 spiro atoms. The van der Waals surface area contributed by atoms with Crippen LogP contribution in [0.15, 0.2) is 30.3 Å². The molecule has 1 aromatic heterocycles. The molecule has 0 saturated heterocycles. The maximum Gasteiger partial charge on any atom is 0.276 e. The number of aromatic nitrogens is 2. The molecule has 1 heterocycles. The summed E-state index contributed by atoms with van der Waals surface area (Å²) in [6, 6.07) is 8.32. The van der Waals surface area contributed by atoms with Crippen molar-refractivity contribution in [2.24, 2.45) is 5.92 Å². The van der Waals surface area contributed by atoms with E-state index in [0.717, 1.165) is 6.54 Å². The molecule has 0 aliphatic rings. The van der Waals surface area contributed by atoms with E-state index in [2.05, 4.69) is 34.7 Å². The fourth-order valence-corrected chi connectivity index (χ4v) is 1.99. The Balaban J connectivity index is 2.07. The van der Waals surface area contributed by atoms with Crippen molar-refractivity contribution in [3.05, 3.63) is 41.0 Å². The largest absolute Gasteiger partial charge is 0.495 e. The Hall–Kier alpha value is -2.34. The van der Waals surface area contributed by atoms with Crippen molar-refractivity contribution in [1.29, 1.82) is 0 Å². The van der Waals surface area contributed by atoms with Gasteiger partial charge in [0, 0.05) is 11.6 Å². The third-order valence-electron chi connectivity index (χ3n) is 3.00. The Labute approximate surface area is 140 Å². The lowest BCUT2D eigenvalue weighted by Crippen LogP contribution is -2.16. The first-order valence-electron chi connectivity index (χ1n) is 7.22. The summed E-state index contributed by atoms with van der Waals surface area (Å²) in [6.45, 7) is 4.99. The number of rotatable bonds is 6. The second-order valence-corrected chi connectivity index (χ2v) is 5.81. The zero-order valence-corrected chi connectivity index (χ0v) is 14.0. The zero-order valence-electron chi connectivity index (χ0n) is 13.3. The SMILES string of the molecule is COc1ccc(Cl)cc1NC(=O)c1ccc(NCC(C)C)nn1. The van der Waals surface area contributed by atoms with Gasteiger partial charge in [0.1, 0.15) is 11.6 Å². The summed E-state index contributed by atoms with van der Waals surface area (Å²) >= 11 is 5.94. The third-order valence-corrected chi connectivity index (χ3v) is 3.23. The molecule has 7 heteroatoms. The highest BCUT2D eigenvalue weighted by Crippen LogP contribution is 2.27. The molecular formula is C16H19ClN4O2. The van der Waals surface area contributed by atoms with E-state index in [9.17, 15) is 4.79 Å². The summed E-state index contributed by atoms with van der Waals surface area (Å²) in [5, 5.41) is 14.3. The predicted octanol–water partition coefficient (Wildman–Crippen LogP) is 3.46. The van der Waals surface area contributed by atoms with Crippen molar-refractivity contribution >= 4 is 29.0 Å². The summed E-state index contributed by atoms with van der Waals surface area (Å²) < 4.78 is 5.19. The van der Waals surface area contributed by atoms with E-state index in [4.69, 9.17) is 16.3 Å². The summed E-state index contributed by atoms with van der Waals surface area (Å²) in [6.07, 6.45) is 0. The molecule has 0 bridgehead atoms. The quantitative estimate of drug-likeness (QED) is 0.846. The van der Waals surface area contributed by atoms with Crippen molar-refractivity contribution in [3.63, 3.8) is 0 Å². The first-order valence-corrected chi connectivity index (χ1v) is 7.60. The van der Waals surface area contributed by atoms with E-state index >= 15 is 0 Å². The van der Waals surface area contributed by atoms with Gasteiger partial charge in [-0.3, -0.25) is 4.79 Å². The van der Waals surface area contributed by atoms with Crippen molar-refractivity contribution in [1.82, 2.24) is 10.2 Å². The number of halogens is 1. The van der Waals surface area contributed by atoms with E-state index in [0.29, 0.717) is 28.2 Å². The lowest BCUT2D eigenvalue weighted by atomic mass is 10.2. The molecule has 0 aliphatic heterocycles. The van der Waals surface area contributed by atoms with Crippen LogP contribution in [0.4, 0.5) is 11.5 Å². The minimum absolute atomic E-state index is 0.210. The van der Waals surface area contributed by atoms with Gasteiger partial charge in [0.2, 0.25) is 0 Å². The van der Waals surface area contributed by atoms with E-state index < -0.39 is 0 Å².